The van der Waals surface area contributed by atoms with Crippen LogP contribution in [0, 0.1) is 13.8 Å². The lowest BCUT2D eigenvalue weighted by Gasteiger charge is -2.09. The molecule has 7 heteroatoms. The molecular formula is C22H21N5OS. The molecule has 1 N–H and O–H groups in total. The minimum Gasteiger partial charge on any atom is -0.325 e. The highest BCUT2D eigenvalue weighted by molar-refractivity contribution is 8.00. The summed E-state index contributed by atoms with van der Waals surface area (Å²) in [6.45, 7) is 4.63. The maximum Gasteiger partial charge on any atom is 0.234 e. The summed E-state index contributed by atoms with van der Waals surface area (Å²) >= 11 is 1.39. The number of hydrogen-bond donors (Lipinski definition) is 1. The molecule has 0 fully saturated rings. The lowest BCUT2D eigenvalue weighted by molar-refractivity contribution is -0.113. The van der Waals surface area contributed by atoms with E-state index < -0.39 is 0 Å². The Morgan fingerprint density at radius 1 is 1.10 bits per heavy atom. The number of aromatic nitrogens is 4. The Kier molecular flexibility index (Phi) is 5.57. The molecule has 2 aromatic heterocycles. The molecular weight excluding hydrogens is 382 g/mol. The molecule has 0 bridgehead atoms. The van der Waals surface area contributed by atoms with Crippen molar-refractivity contribution in [1.29, 1.82) is 0 Å². The lowest BCUT2D eigenvalue weighted by Crippen LogP contribution is -2.15. The summed E-state index contributed by atoms with van der Waals surface area (Å²) in [6, 6.07) is 16.1. The van der Waals surface area contributed by atoms with Gasteiger partial charge in [-0.05, 0) is 36.6 Å². The Hall–Kier alpha value is -3.19. The molecule has 0 aliphatic rings. The molecule has 1 amide bonds. The van der Waals surface area contributed by atoms with Gasteiger partial charge < -0.3 is 5.32 Å². The van der Waals surface area contributed by atoms with Crippen LogP contribution in [0.3, 0.4) is 0 Å². The normalized spacial score (nSPS) is 11.0. The number of nitrogens with one attached hydrogen (secondary N) is 1. The number of amides is 1. The van der Waals surface area contributed by atoms with E-state index in [-0.39, 0.29) is 11.7 Å². The molecule has 0 saturated carbocycles. The number of carbonyl (C=O) groups excluding carboxylic acids is 1. The first-order chi connectivity index (χ1) is 14.1. The maximum atomic E-state index is 12.4. The van der Waals surface area contributed by atoms with Crippen molar-refractivity contribution in [2.24, 2.45) is 0 Å². The summed E-state index contributed by atoms with van der Waals surface area (Å²) in [5.74, 6) is 0.204. The molecule has 0 radical (unpaired) electrons. The molecule has 2 heterocycles. The van der Waals surface area contributed by atoms with Crippen molar-refractivity contribution in [2.45, 2.75) is 25.4 Å². The predicted molar refractivity (Wildman–Crippen MR) is 116 cm³/mol. The van der Waals surface area contributed by atoms with Gasteiger partial charge in [0.05, 0.1) is 23.9 Å². The maximum absolute atomic E-state index is 12.4. The van der Waals surface area contributed by atoms with Crippen LogP contribution in [0.25, 0.3) is 11.0 Å². The molecule has 0 aliphatic carbocycles. The van der Waals surface area contributed by atoms with Crippen LogP contribution in [0.1, 0.15) is 16.7 Å². The first-order valence-electron chi connectivity index (χ1n) is 9.30. The van der Waals surface area contributed by atoms with Crippen molar-refractivity contribution in [3.63, 3.8) is 0 Å². The van der Waals surface area contributed by atoms with Crippen LogP contribution in [-0.2, 0) is 11.3 Å². The molecule has 0 saturated heterocycles. The average molecular weight is 404 g/mol. The number of fused-ring (bicyclic) bond motifs is 1. The smallest absolute Gasteiger partial charge is 0.234 e. The largest absolute Gasteiger partial charge is 0.325 e. The summed E-state index contributed by atoms with van der Waals surface area (Å²) in [6.07, 6.45) is 3.29. The zero-order valence-corrected chi connectivity index (χ0v) is 17.1. The molecule has 0 aliphatic heterocycles. The molecule has 2 aromatic carbocycles. The van der Waals surface area contributed by atoms with E-state index >= 15 is 0 Å². The molecule has 0 atom stereocenters. The predicted octanol–water partition coefficient (Wildman–Crippen LogP) is 4.22. The number of rotatable bonds is 6. The molecule has 0 unspecified atom stereocenters. The Morgan fingerprint density at radius 2 is 1.93 bits per heavy atom. The van der Waals surface area contributed by atoms with Crippen molar-refractivity contribution >= 4 is 34.4 Å². The Morgan fingerprint density at radius 3 is 2.76 bits per heavy atom. The average Bonchev–Trinajstić information content (AvgIpc) is 3.13. The van der Waals surface area contributed by atoms with E-state index in [1.54, 1.807) is 6.20 Å². The van der Waals surface area contributed by atoms with Crippen LogP contribution in [0.5, 0.6) is 0 Å². The first-order valence-corrected chi connectivity index (χ1v) is 10.3. The summed E-state index contributed by atoms with van der Waals surface area (Å²) < 4.78 is 1.85. The van der Waals surface area contributed by atoms with Crippen molar-refractivity contribution in [2.75, 3.05) is 11.1 Å². The molecule has 0 spiro atoms. The number of hydrogen-bond acceptors (Lipinski definition) is 5. The van der Waals surface area contributed by atoms with Gasteiger partial charge in [0.25, 0.3) is 0 Å². The van der Waals surface area contributed by atoms with E-state index in [1.807, 2.05) is 54.9 Å². The van der Waals surface area contributed by atoms with E-state index in [1.165, 1.54) is 18.1 Å². The second-order valence-corrected chi connectivity index (χ2v) is 7.82. The van der Waals surface area contributed by atoms with Gasteiger partial charge in [0.1, 0.15) is 11.4 Å². The van der Waals surface area contributed by atoms with Crippen molar-refractivity contribution in [1.82, 2.24) is 19.7 Å². The van der Waals surface area contributed by atoms with E-state index in [4.69, 9.17) is 0 Å². The van der Waals surface area contributed by atoms with Gasteiger partial charge in [0.2, 0.25) is 5.91 Å². The molecule has 4 rings (SSSR count). The van der Waals surface area contributed by atoms with Gasteiger partial charge in [-0.2, -0.15) is 5.10 Å². The molecule has 29 heavy (non-hydrogen) atoms. The highest BCUT2D eigenvalue weighted by Crippen LogP contribution is 2.25. The third-order valence-electron chi connectivity index (χ3n) is 4.58. The van der Waals surface area contributed by atoms with Gasteiger partial charge in [0, 0.05) is 5.69 Å². The number of benzene rings is 2. The number of aryl methyl sites for hydroxylation is 2. The SMILES string of the molecule is Cc1ccc(C)c(NC(=O)CSc2ncnc3c2cnn3Cc2ccccc2)c1. The van der Waals surface area contributed by atoms with Gasteiger partial charge >= 0.3 is 0 Å². The fourth-order valence-electron chi connectivity index (χ4n) is 3.05. The number of anilines is 1. The van der Waals surface area contributed by atoms with E-state index in [0.29, 0.717) is 6.54 Å². The molecule has 146 valence electrons. The van der Waals surface area contributed by atoms with Gasteiger partial charge in [-0.3, -0.25) is 4.79 Å². The Bertz CT molecular complexity index is 1160. The number of nitrogens with zero attached hydrogens (tertiary/aromatic N) is 4. The van der Waals surface area contributed by atoms with E-state index in [9.17, 15) is 4.79 Å². The quantitative estimate of drug-likeness (QED) is 0.385. The second kappa shape index (κ2) is 8.45. The van der Waals surface area contributed by atoms with Crippen LogP contribution in [0.2, 0.25) is 0 Å². The van der Waals surface area contributed by atoms with Crippen LogP contribution in [0.4, 0.5) is 5.69 Å². The van der Waals surface area contributed by atoms with Gasteiger partial charge in [-0.15, -0.1) is 0 Å². The zero-order chi connectivity index (χ0) is 20.2. The Balaban J connectivity index is 1.47. The number of carbonyl (C=O) groups is 1. The summed E-state index contributed by atoms with van der Waals surface area (Å²) in [7, 11) is 0. The summed E-state index contributed by atoms with van der Waals surface area (Å²) in [5, 5.41) is 9.06. The minimum absolute atomic E-state index is 0.0628. The van der Waals surface area contributed by atoms with Gasteiger partial charge in [0.15, 0.2) is 5.65 Å². The van der Waals surface area contributed by atoms with Crippen molar-refractivity contribution < 1.29 is 4.79 Å². The standard InChI is InChI=1S/C22H21N5OS/c1-15-8-9-16(2)19(10-15)26-20(28)13-29-22-18-11-25-27(21(18)23-14-24-22)12-17-6-4-3-5-7-17/h3-11,14H,12-13H2,1-2H3,(H,26,28). The fourth-order valence-corrected chi connectivity index (χ4v) is 3.81. The van der Waals surface area contributed by atoms with E-state index in [0.717, 1.165) is 38.4 Å². The fraction of sp³-hybridized carbons (Fsp3) is 0.182. The summed E-state index contributed by atoms with van der Waals surface area (Å²) in [4.78, 5) is 21.2. The molecule has 6 nitrogen and oxygen atoms in total. The zero-order valence-electron chi connectivity index (χ0n) is 16.3. The molecule has 4 aromatic rings. The van der Waals surface area contributed by atoms with Crippen LogP contribution in [0.15, 0.2) is 66.1 Å². The van der Waals surface area contributed by atoms with Crippen LogP contribution in [-0.4, -0.2) is 31.4 Å². The highest BCUT2D eigenvalue weighted by Gasteiger charge is 2.13. The van der Waals surface area contributed by atoms with E-state index in [2.05, 4.69) is 32.5 Å². The second-order valence-electron chi connectivity index (χ2n) is 6.86. The van der Waals surface area contributed by atoms with Crippen molar-refractivity contribution in [3.8, 4) is 0 Å². The number of thioether (sulfide) groups is 1. The van der Waals surface area contributed by atoms with Gasteiger partial charge in [-0.1, -0.05) is 54.2 Å². The van der Waals surface area contributed by atoms with Crippen molar-refractivity contribution in [3.05, 3.63) is 77.7 Å². The lowest BCUT2D eigenvalue weighted by atomic mass is 10.1. The third kappa shape index (κ3) is 4.46. The Labute approximate surface area is 173 Å². The summed E-state index contributed by atoms with van der Waals surface area (Å²) in [5.41, 5.74) is 4.92. The van der Waals surface area contributed by atoms with Gasteiger partial charge in [-0.25, -0.2) is 14.6 Å². The monoisotopic (exact) mass is 403 g/mol. The highest BCUT2D eigenvalue weighted by atomic mass is 32.2. The van der Waals surface area contributed by atoms with Crippen LogP contribution < -0.4 is 5.32 Å². The van der Waals surface area contributed by atoms with Crippen LogP contribution >= 0.6 is 11.8 Å². The third-order valence-corrected chi connectivity index (χ3v) is 5.58. The minimum atomic E-state index is -0.0628. The first kappa shape index (κ1) is 19.1. The topological polar surface area (TPSA) is 72.7 Å².